The van der Waals surface area contributed by atoms with E-state index in [2.05, 4.69) is 10.0 Å². The average molecular weight is 305 g/mol. The van der Waals surface area contributed by atoms with Crippen molar-refractivity contribution in [3.05, 3.63) is 18.0 Å². The number of nitrogens with one attached hydrogen (secondary N) is 2. The van der Waals surface area contributed by atoms with Crippen LogP contribution in [0.2, 0.25) is 0 Å². The van der Waals surface area contributed by atoms with Crippen LogP contribution in [0.4, 0.5) is 0 Å². The Kier molecular flexibility index (Phi) is 6.38. The minimum Gasteiger partial charge on any atom is -0.349 e. The van der Waals surface area contributed by atoms with E-state index in [4.69, 9.17) is 0 Å². The van der Waals surface area contributed by atoms with E-state index < -0.39 is 10.0 Å². The molecule has 1 heterocycles. The van der Waals surface area contributed by atoms with Gasteiger partial charge in [-0.1, -0.05) is 0 Å². The van der Waals surface area contributed by atoms with E-state index in [1.165, 1.54) is 0 Å². The molecule has 0 aromatic carbocycles. The first-order chi connectivity index (χ1) is 8.94. The van der Waals surface area contributed by atoms with Crippen molar-refractivity contribution in [3.8, 4) is 0 Å². The molecule has 0 radical (unpaired) electrons. The van der Waals surface area contributed by atoms with E-state index in [1.807, 2.05) is 31.7 Å². The Labute approximate surface area is 120 Å². The molecule has 0 aliphatic rings. The van der Waals surface area contributed by atoms with Crippen molar-refractivity contribution >= 4 is 21.8 Å². The van der Waals surface area contributed by atoms with Crippen LogP contribution in [-0.4, -0.2) is 38.1 Å². The number of rotatable bonds is 8. The number of hydrogen-bond acceptors (Lipinski definition) is 4. The molecule has 5 nitrogen and oxygen atoms in total. The maximum absolute atomic E-state index is 12.2. The van der Waals surface area contributed by atoms with Crippen LogP contribution >= 0.6 is 11.8 Å². The summed E-state index contributed by atoms with van der Waals surface area (Å²) in [6, 6.07) is 1.66. The van der Waals surface area contributed by atoms with E-state index in [0.717, 1.165) is 18.0 Å². The maximum atomic E-state index is 12.2. The molecule has 2 N–H and O–H groups in total. The Bertz CT molecular complexity index is 497. The molecule has 7 heteroatoms. The van der Waals surface area contributed by atoms with Gasteiger partial charge in [-0.15, -0.1) is 0 Å². The van der Waals surface area contributed by atoms with Crippen LogP contribution in [0, 0.1) is 0 Å². The number of aryl methyl sites for hydroxylation is 1. The second-order valence-corrected chi connectivity index (χ2v) is 7.09. The molecular formula is C12H23N3O2S2. The molecule has 0 spiro atoms. The van der Waals surface area contributed by atoms with Crippen molar-refractivity contribution in [2.75, 3.05) is 19.1 Å². The largest absolute Gasteiger partial charge is 0.349 e. The Balaban J connectivity index is 2.95. The van der Waals surface area contributed by atoms with E-state index in [0.29, 0.717) is 11.4 Å². The molecule has 0 aliphatic carbocycles. The maximum Gasteiger partial charge on any atom is 0.242 e. The van der Waals surface area contributed by atoms with Crippen LogP contribution in [0.5, 0.6) is 0 Å². The van der Waals surface area contributed by atoms with Crippen LogP contribution in [-0.2, 0) is 23.1 Å². The fraction of sp³-hybridized carbons (Fsp3) is 0.667. The SMILES string of the molecule is CCn1cc(S(=O)(=O)NC(C)CSC)cc1CNC. The molecular weight excluding hydrogens is 282 g/mol. The van der Waals surface area contributed by atoms with Gasteiger partial charge in [0.05, 0.1) is 4.90 Å². The molecule has 0 fully saturated rings. The molecule has 1 rings (SSSR count). The highest BCUT2D eigenvalue weighted by Crippen LogP contribution is 2.15. The number of thioether (sulfide) groups is 1. The molecule has 1 atom stereocenters. The third-order valence-corrected chi connectivity index (χ3v) is 5.13. The Morgan fingerprint density at radius 3 is 2.68 bits per heavy atom. The van der Waals surface area contributed by atoms with Gasteiger partial charge in [0.15, 0.2) is 0 Å². The van der Waals surface area contributed by atoms with Crippen molar-refractivity contribution in [2.24, 2.45) is 0 Å². The molecule has 19 heavy (non-hydrogen) atoms. The Morgan fingerprint density at radius 1 is 1.47 bits per heavy atom. The summed E-state index contributed by atoms with van der Waals surface area (Å²) in [5, 5.41) is 3.05. The predicted octanol–water partition coefficient (Wildman–Crippen LogP) is 1.26. The van der Waals surface area contributed by atoms with Crippen LogP contribution in [0.3, 0.4) is 0 Å². The van der Waals surface area contributed by atoms with Crippen molar-refractivity contribution in [1.29, 1.82) is 0 Å². The summed E-state index contributed by atoms with van der Waals surface area (Å²) in [5.41, 5.74) is 0.975. The Hall–Kier alpha value is -0.500. The highest BCUT2D eigenvalue weighted by Gasteiger charge is 2.20. The lowest BCUT2D eigenvalue weighted by Crippen LogP contribution is -2.34. The van der Waals surface area contributed by atoms with Gasteiger partial charge >= 0.3 is 0 Å². The first-order valence-electron chi connectivity index (χ1n) is 6.29. The molecule has 1 aromatic heterocycles. The van der Waals surface area contributed by atoms with Crippen molar-refractivity contribution < 1.29 is 8.42 Å². The summed E-state index contributed by atoms with van der Waals surface area (Å²) < 4.78 is 29.1. The van der Waals surface area contributed by atoms with Gasteiger partial charge in [0.1, 0.15) is 0 Å². The Morgan fingerprint density at radius 2 is 2.16 bits per heavy atom. The summed E-state index contributed by atoms with van der Waals surface area (Å²) in [6.45, 7) is 5.29. The molecule has 1 unspecified atom stereocenters. The number of aromatic nitrogens is 1. The lowest BCUT2D eigenvalue weighted by molar-refractivity contribution is 0.570. The quantitative estimate of drug-likeness (QED) is 0.759. The van der Waals surface area contributed by atoms with Gasteiger partial charge in [0.2, 0.25) is 10.0 Å². The van der Waals surface area contributed by atoms with Crippen LogP contribution in [0.1, 0.15) is 19.5 Å². The minimum absolute atomic E-state index is 0.0715. The van der Waals surface area contributed by atoms with E-state index in [9.17, 15) is 8.42 Å². The first kappa shape index (κ1) is 16.6. The molecule has 0 saturated carbocycles. The highest BCUT2D eigenvalue weighted by molar-refractivity contribution is 7.98. The molecule has 0 saturated heterocycles. The van der Waals surface area contributed by atoms with Crippen LogP contribution in [0.15, 0.2) is 17.2 Å². The lowest BCUT2D eigenvalue weighted by Gasteiger charge is -2.11. The summed E-state index contributed by atoms with van der Waals surface area (Å²) in [7, 11) is -1.58. The molecule has 0 bridgehead atoms. The van der Waals surface area contributed by atoms with Gasteiger partial charge in [-0.25, -0.2) is 13.1 Å². The van der Waals surface area contributed by atoms with Crippen LogP contribution < -0.4 is 10.0 Å². The lowest BCUT2D eigenvalue weighted by atomic mass is 10.4. The third-order valence-electron chi connectivity index (χ3n) is 2.74. The van der Waals surface area contributed by atoms with Gasteiger partial charge in [-0.2, -0.15) is 11.8 Å². The monoisotopic (exact) mass is 305 g/mol. The highest BCUT2D eigenvalue weighted by atomic mass is 32.2. The van der Waals surface area contributed by atoms with E-state index in [-0.39, 0.29) is 6.04 Å². The van der Waals surface area contributed by atoms with Gasteiger partial charge < -0.3 is 9.88 Å². The number of sulfonamides is 1. The molecule has 1 aromatic rings. The van der Waals surface area contributed by atoms with Gasteiger partial charge in [-0.3, -0.25) is 0 Å². The smallest absolute Gasteiger partial charge is 0.242 e. The minimum atomic E-state index is -3.42. The zero-order chi connectivity index (χ0) is 14.5. The van der Waals surface area contributed by atoms with Gasteiger partial charge in [-0.05, 0) is 33.2 Å². The van der Waals surface area contributed by atoms with E-state index in [1.54, 1.807) is 24.0 Å². The fourth-order valence-electron chi connectivity index (χ4n) is 1.91. The summed E-state index contributed by atoms with van der Waals surface area (Å²) >= 11 is 1.62. The van der Waals surface area contributed by atoms with E-state index >= 15 is 0 Å². The summed E-state index contributed by atoms with van der Waals surface area (Å²) in [6.07, 6.45) is 3.66. The van der Waals surface area contributed by atoms with Crippen molar-refractivity contribution in [2.45, 2.75) is 37.9 Å². The van der Waals surface area contributed by atoms with Gasteiger partial charge in [0.25, 0.3) is 0 Å². The van der Waals surface area contributed by atoms with Crippen molar-refractivity contribution in [1.82, 2.24) is 14.6 Å². The molecule has 0 amide bonds. The zero-order valence-corrected chi connectivity index (χ0v) is 13.6. The van der Waals surface area contributed by atoms with Crippen LogP contribution in [0.25, 0.3) is 0 Å². The average Bonchev–Trinajstić information content (AvgIpc) is 2.73. The second kappa shape index (κ2) is 7.33. The molecule has 0 aliphatic heterocycles. The zero-order valence-electron chi connectivity index (χ0n) is 11.9. The standard InChI is InChI=1S/C12H23N3O2S2/c1-5-15-8-12(6-11(15)7-13-3)19(16,17)14-10(2)9-18-4/h6,8,10,13-14H,5,7,9H2,1-4H3. The topological polar surface area (TPSA) is 63.1 Å². The predicted molar refractivity (Wildman–Crippen MR) is 81.0 cm³/mol. The normalized spacial score (nSPS) is 13.7. The fourth-order valence-corrected chi connectivity index (χ4v) is 3.91. The number of hydrogen-bond donors (Lipinski definition) is 2. The molecule has 110 valence electrons. The number of nitrogens with zero attached hydrogens (tertiary/aromatic N) is 1. The first-order valence-corrected chi connectivity index (χ1v) is 9.17. The summed E-state index contributed by atoms with van der Waals surface area (Å²) in [4.78, 5) is 0.340. The summed E-state index contributed by atoms with van der Waals surface area (Å²) in [5.74, 6) is 0.761. The van der Waals surface area contributed by atoms with Crippen molar-refractivity contribution in [3.63, 3.8) is 0 Å². The third kappa shape index (κ3) is 4.52. The second-order valence-electron chi connectivity index (χ2n) is 4.46. The van der Waals surface area contributed by atoms with Gasteiger partial charge in [0, 0.05) is 36.8 Å².